The predicted octanol–water partition coefficient (Wildman–Crippen LogP) is 2.10. The first-order valence-electron chi connectivity index (χ1n) is 6.61. The topological polar surface area (TPSA) is 105 Å². The molecule has 0 fully saturated rings. The SMILES string of the molecule is N#CCCCOc1cccnc1NS(=O)(=O)c1cncc(F)c1. The summed E-state index contributed by atoms with van der Waals surface area (Å²) in [6.07, 6.45) is 4.16. The molecule has 0 amide bonds. The molecule has 0 saturated carbocycles. The van der Waals surface area contributed by atoms with Gasteiger partial charge in [0.25, 0.3) is 10.0 Å². The van der Waals surface area contributed by atoms with E-state index >= 15 is 0 Å². The Balaban J connectivity index is 2.18. The average molecular weight is 336 g/mol. The van der Waals surface area contributed by atoms with E-state index in [-0.39, 0.29) is 23.1 Å². The first-order valence-corrected chi connectivity index (χ1v) is 8.09. The van der Waals surface area contributed by atoms with Gasteiger partial charge in [-0.2, -0.15) is 5.26 Å². The molecular formula is C14H13FN4O3S. The molecule has 0 aliphatic carbocycles. The van der Waals surface area contributed by atoms with Crippen LogP contribution in [-0.4, -0.2) is 25.0 Å². The maximum absolute atomic E-state index is 13.1. The smallest absolute Gasteiger partial charge is 0.264 e. The van der Waals surface area contributed by atoms with E-state index in [1.165, 1.54) is 6.20 Å². The van der Waals surface area contributed by atoms with Gasteiger partial charge < -0.3 is 4.74 Å². The minimum atomic E-state index is -4.04. The highest BCUT2D eigenvalue weighted by molar-refractivity contribution is 7.92. The molecule has 120 valence electrons. The maximum Gasteiger partial charge on any atom is 0.264 e. The largest absolute Gasteiger partial charge is 0.490 e. The van der Waals surface area contributed by atoms with Gasteiger partial charge in [-0.05, 0) is 24.6 Å². The summed E-state index contributed by atoms with van der Waals surface area (Å²) in [6, 6.07) is 5.96. The third-order valence-corrected chi connectivity index (χ3v) is 3.99. The zero-order valence-electron chi connectivity index (χ0n) is 11.9. The van der Waals surface area contributed by atoms with Gasteiger partial charge in [-0.3, -0.25) is 9.71 Å². The average Bonchev–Trinajstić information content (AvgIpc) is 2.53. The molecule has 2 heterocycles. The molecular weight excluding hydrogens is 323 g/mol. The van der Waals surface area contributed by atoms with Crippen molar-refractivity contribution in [3.63, 3.8) is 0 Å². The van der Waals surface area contributed by atoms with E-state index in [1.807, 2.05) is 6.07 Å². The molecule has 0 saturated heterocycles. The Labute approximate surface area is 132 Å². The zero-order valence-corrected chi connectivity index (χ0v) is 12.8. The van der Waals surface area contributed by atoms with Crippen LogP contribution in [0.4, 0.5) is 10.2 Å². The van der Waals surface area contributed by atoms with Crippen LogP contribution in [0.3, 0.4) is 0 Å². The quantitative estimate of drug-likeness (QED) is 0.776. The Morgan fingerprint density at radius 1 is 1.39 bits per heavy atom. The number of nitrogens with one attached hydrogen (secondary N) is 1. The first kappa shape index (κ1) is 16.6. The Kier molecular flexibility index (Phi) is 5.43. The summed E-state index contributed by atoms with van der Waals surface area (Å²) in [6.45, 7) is 0.246. The lowest BCUT2D eigenvalue weighted by Gasteiger charge is -2.12. The molecule has 0 spiro atoms. The van der Waals surface area contributed by atoms with Crippen molar-refractivity contribution in [1.29, 1.82) is 5.26 Å². The van der Waals surface area contributed by atoms with Gasteiger partial charge >= 0.3 is 0 Å². The molecule has 23 heavy (non-hydrogen) atoms. The summed E-state index contributed by atoms with van der Waals surface area (Å²) in [5.41, 5.74) is 0. The van der Waals surface area contributed by atoms with Crippen LogP contribution < -0.4 is 9.46 Å². The summed E-state index contributed by atoms with van der Waals surface area (Å²) in [4.78, 5) is 7.10. The number of nitriles is 1. The zero-order chi connectivity index (χ0) is 16.7. The van der Waals surface area contributed by atoms with Gasteiger partial charge in [0.15, 0.2) is 11.6 Å². The Bertz CT molecular complexity index is 821. The third kappa shape index (κ3) is 4.62. The van der Waals surface area contributed by atoms with Crippen molar-refractivity contribution in [2.45, 2.75) is 17.7 Å². The van der Waals surface area contributed by atoms with Crippen LogP contribution >= 0.6 is 0 Å². The number of rotatable bonds is 7. The highest BCUT2D eigenvalue weighted by atomic mass is 32.2. The monoisotopic (exact) mass is 336 g/mol. The van der Waals surface area contributed by atoms with Crippen LogP contribution in [0, 0.1) is 17.1 Å². The normalized spacial score (nSPS) is 10.8. The number of sulfonamides is 1. The second-order valence-electron chi connectivity index (χ2n) is 4.40. The number of hydrogen-bond acceptors (Lipinski definition) is 6. The third-order valence-electron chi connectivity index (χ3n) is 2.68. The molecule has 7 nitrogen and oxygen atoms in total. The van der Waals surface area contributed by atoms with Crippen molar-refractivity contribution >= 4 is 15.8 Å². The molecule has 0 bridgehead atoms. The van der Waals surface area contributed by atoms with Crippen LogP contribution in [0.25, 0.3) is 0 Å². The Morgan fingerprint density at radius 2 is 2.22 bits per heavy atom. The van der Waals surface area contributed by atoms with Crippen LogP contribution in [0.15, 0.2) is 41.7 Å². The predicted molar refractivity (Wildman–Crippen MR) is 79.6 cm³/mol. The number of ether oxygens (including phenoxy) is 1. The minimum absolute atomic E-state index is 0.0197. The lowest BCUT2D eigenvalue weighted by atomic mass is 10.3. The fourth-order valence-electron chi connectivity index (χ4n) is 1.64. The molecule has 0 radical (unpaired) electrons. The van der Waals surface area contributed by atoms with Crippen molar-refractivity contribution in [2.75, 3.05) is 11.3 Å². The van der Waals surface area contributed by atoms with Crippen molar-refractivity contribution < 1.29 is 17.5 Å². The van der Waals surface area contributed by atoms with E-state index in [0.717, 1.165) is 18.5 Å². The van der Waals surface area contributed by atoms with Gasteiger partial charge in [-0.1, -0.05) is 0 Å². The van der Waals surface area contributed by atoms with Crippen LogP contribution in [0.5, 0.6) is 5.75 Å². The first-order chi connectivity index (χ1) is 11.0. The highest BCUT2D eigenvalue weighted by Crippen LogP contribution is 2.24. The van der Waals surface area contributed by atoms with E-state index in [0.29, 0.717) is 12.8 Å². The Hall–Kier alpha value is -2.73. The lowest BCUT2D eigenvalue weighted by molar-refractivity contribution is 0.313. The Morgan fingerprint density at radius 3 is 2.96 bits per heavy atom. The molecule has 1 N–H and O–H groups in total. The molecule has 2 aromatic rings. The standard InChI is InChI=1S/C14H13FN4O3S/c15-11-8-12(10-17-9-11)23(20,21)19-14-13(4-3-6-18-14)22-7-2-1-5-16/h3-4,6,8-10H,1-2,7H2,(H,18,19). The number of aromatic nitrogens is 2. The van der Waals surface area contributed by atoms with Crippen molar-refractivity contribution in [1.82, 2.24) is 9.97 Å². The van der Waals surface area contributed by atoms with Gasteiger partial charge in [0.2, 0.25) is 0 Å². The highest BCUT2D eigenvalue weighted by Gasteiger charge is 2.18. The molecule has 9 heteroatoms. The van der Waals surface area contributed by atoms with E-state index in [9.17, 15) is 12.8 Å². The van der Waals surface area contributed by atoms with Crippen molar-refractivity contribution in [3.05, 3.63) is 42.6 Å². The van der Waals surface area contributed by atoms with E-state index in [1.54, 1.807) is 12.1 Å². The molecule has 2 rings (SSSR count). The van der Waals surface area contributed by atoms with Gasteiger partial charge in [-0.15, -0.1) is 0 Å². The van der Waals surface area contributed by atoms with Gasteiger partial charge in [0.05, 0.1) is 18.9 Å². The fraction of sp³-hybridized carbons (Fsp3) is 0.214. The minimum Gasteiger partial charge on any atom is -0.490 e. The molecule has 2 aromatic heterocycles. The number of unbranched alkanes of at least 4 members (excludes halogenated alkanes) is 1. The molecule has 0 aromatic carbocycles. The van der Waals surface area contributed by atoms with Crippen molar-refractivity contribution in [3.8, 4) is 11.8 Å². The summed E-state index contributed by atoms with van der Waals surface area (Å²) in [5, 5.41) is 8.47. The molecule has 0 unspecified atom stereocenters. The number of nitrogens with zero attached hydrogens (tertiary/aromatic N) is 3. The van der Waals surface area contributed by atoms with E-state index in [2.05, 4.69) is 14.7 Å². The molecule has 0 atom stereocenters. The molecule has 0 aliphatic rings. The van der Waals surface area contributed by atoms with E-state index < -0.39 is 15.8 Å². The van der Waals surface area contributed by atoms with Gasteiger partial charge in [-0.25, -0.2) is 17.8 Å². The maximum atomic E-state index is 13.1. The second kappa shape index (κ2) is 7.51. The number of hydrogen-bond donors (Lipinski definition) is 1. The van der Waals surface area contributed by atoms with Crippen LogP contribution in [-0.2, 0) is 10.0 Å². The molecule has 0 aliphatic heterocycles. The van der Waals surface area contributed by atoms with Crippen LogP contribution in [0.2, 0.25) is 0 Å². The summed E-state index contributed by atoms with van der Waals surface area (Å²) >= 11 is 0. The van der Waals surface area contributed by atoms with E-state index in [4.69, 9.17) is 10.00 Å². The van der Waals surface area contributed by atoms with Crippen molar-refractivity contribution in [2.24, 2.45) is 0 Å². The number of pyridine rings is 2. The fourth-order valence-corrected chi connectivity index (χ4v) is 2.64. The number of halogens is 1. The summed E-state index contributed by atoms with van der Waals surface area (Å²) in [7, 11) is -4.04. The second-order valence-corrected chi connectivity index (χ2v) is 6.09. The summed E-state index contributed by atoms with van der Waals surface area (Å²) < 4.78 is 45.2. The lowest BCUT2D eigenvalue weighted by Crippen LogP contribution is -2.15. The van der Waals surface area contributed by atoms with Gasteiger partial charge in [0.1, 0.15) is 10.7 Å². The van der Waals surface area contributed by atoms with Crippen LogP contribution in [0.1, 0.15) is 12.8 Å². The number of anilines is 1. The summed E-state index contributed by atoms with van der Waals surface area (Å²) in [5.74, 6) is -0.561. The van der Waals surface area contributed by atoms with Gasteiger partial charge in [0, 0.05) is 18.8 Å².